The van der Waals surface area contributed by atoms with Gasteiger partial charge in [-0.1, -0.05) is 45.9 Å². The average molecular weight is 321 g/mol. The van der Waals surface area contributed by atoms with Gasteiger partial charge in [-0.05, 0) is 24.5 Å². The maximum atomic E-state index is 12.4. The van der Waals surface area contributed by atoms with Crippen molar-refractivity contribution in [3.63, 3.8) is 0 Å². The van der Waals surface area contributed by atoms with E-state index in [0.29, 0.717) is 12.1 Å². The summed E-state index contributed by atoms with van der Waals surface area (Å²) in [5.74, 6) is -0.510. The number of carbonyl (C=O) groups excluding carboxylic acids is 2. The minimum atomic E-state index is -0.643. The number of nitrogens with one attached hydrogen (secondary N) is 1. The Balaban J connectivity index is 0. The van der Waals surface area contributed by atoms with Crippen molar-refractivity contribution in [3.8, 4) is 0 Å². The molecule has 0 aliphatic heterocycles. The van der Waals surface area contributed by atoms with Crippen LogP contribution in [0, 0.1) is 5.92 Å². The van der Waals surface area contributed by atoms with Gasteiger partial charge in [0.25, 0.3) is 5.91 Å². The van der Waals surface area contributed by atoms with E-state index >= 15 is 0 Å². The second kappa shape index (κ2) is 8.36. The Kier molecular flexibility index (Phi) is 6.82. The molecule has 2 rings (SSSR count). The molecule has 5 nitrogen and oxygen atoms in total. The lowest BCUT2D eigenvalue weighted by molar-refractivity contribution is -0.120. The van der Waals surface area contributed by atoms with E-state index in [2.05, 4.69) is 5.32 Å². The molecule has 2 aromatic rings. The van der Waals surface area contributed by atoms with Gasteiger partial charge < -0.3 is 15.6 Å². The SMILES string of the molecule is CC.CC(C)C[C@H](NC(=O)c1cc2ccccc2n1C)C(N)=O.[HH].[HH]. The van der Waals surface area contributed by atoms with Crippen molar-refractivity contribution in [2.75, 3.05) is 0 Å². The van der Waals surface area contributed by atoms with Crippen molar-refractivity contribution in [1.82, 2.24) is 9.88 Å². The minimum Gasteiger partial charge on any atom is -0.368 e. The average Bonchev–Trinajstić information content (AvgIpc) is 2.86. The van der Waals surface area contributed by atoms with Crippen LogP contribution in [0.2, 0.25) is 0 Å². The Bertz CT molecular complexity index is 684. The molecule has 3 N–H and O–H groups in total. The maximum absolute atomic E-state index is 12.4. The van der Waals surface area contributed by atoms with E-state index in [1.807, 2.05) is 69.6 Å². The second-order valence-corrected chi connectivity index (χ2v) is 5.71. The minimum absolute atomic E-state index is 0. The van der Waals surface area contributed by atoms with E-state index < -0.39 is 11.9 Å². The van der Waals surface area contributed by atoms with Crippen molar-refractivity contribution in [1.29, 1.82) is 0 Å². The smallest absolute Gasteiger partial charge is 0.268 e. The zero-order valence-electron chi connectivity index (χ0n) is 14.6. The number of primary amides is 1. The standard InChI is InChI=1S/C16H21N3O2.C2H6.2H2/c1-10(2)8-12(15(17)20)18-16(21)14-9-11-6-4-5-7-13(11)19(14)3;1-2;;/h4-7,9-10,12H,8H2,1-3H3,(H2,17,20)(H,18,21);1-2H3;2*1H/t12-;;;/m0.../s1. The van der Waals surface area contributed by atoms with Gasteiger partial charge in [-0.15, -0.1) is 0 Å². The first-order chi connectivity index (χ1) is 10.9. The van der Waals surface area contributed by atoms with Crippen molar-refractivity contribution in [3.05, 3.63) is 36.0 Å². The molecule has 0 bridgehead atoms. The summed E-state index contributed by atoms with van der Waals surface area (Å²) < 4.78 is 1.82. The van der Waals surface area contributed by atoms with Crippen LogP contribution in [0.5, 0.6) is 0 Å². The van der Waals surface area contributed by atoms with Crippen LogP contribution >= 0.6 is 0 Å². The molecule has 0 fully saturated rings. The highest BCUT2D eigenvalue weighted by atomic mass is 16.2. The molecule has 130 valence electrons. The van der Waals surface area contributed by atoms with Gasteiger partial charge in [-0.25, -0.2) is 0 Å². The number of amides is 2. The summed E-state index contributed by atoms with van der Waals surface area (Å²) in [5, 5.41) is 3.72. The summed E-state index contributed by atoms with van der Waals surface area (Å²) in [6.07, 6.45) is 0.533. The number of aryl methyl sites for hydroxylation is 1. The van der Waals surface area contributed by atoms with E-state index in [1.54, 1.807) is 0 Å². The molecular weight excluding hydrogens is 290 g/mol. The van der Waals surface area contributed by atoms with Gasteiger partial charge in [0.05, 0.1) is 0 Å². The van der Waals surface area contributed by atoms with Crippen molar-refractivity contribution in [2.24, 2.45) is 18.7 Å². The van der Waals surface area contributed by atoms with Gasteiger partial charge in [-0.3, -0.25) is 9.59 Å². The van der Waals surface area contributed by atoms with Crippen molar-refractivity contribution >= 4 is 22.7 Å². The van der Waals surface area contributed by atoms with Gasteiger partial charge in [-0.2, -0.15) is 0 Å². The molecule has 5 heteroatoms. The molecule has 1 aromatic heterocycles. The number of benzene rings is 1. The predicted octanol–water partition coefficient (Wildman–Crippen LogP) is 3.33. The molecule has 0 saturated carbocycles. The monoisotopic (exact) mass is 321 g/mol. The molecule has 2 amide bonds. The third-order valence-corrected chi connectivity index (χ3v) is 3.54. The quantitative estimate of drug-likeness (QED) is 0.886. The predicted molar refractivity (Wildman–Crippen MR) is 98.4 cm³/mol. The largest absolute Gasteiger partial charge is 0.368 e. The second-order valence-electron chi connectivity index (χ2n) is 5.71. The number of para-hydroxylation sites is 1. The number of hydrogen-bond acceptors (Lipinski definition) is 2. The Morgan fingerprint density at radius 1 is 1.26 bits per heavy atom. The highest BCUT2D eigenvalue weighted by Crippen LogP contribution is 2.18. The fourth-order valence-corrected chi connectivity index (χ4v) is 2.46. The Morgan fingerprint density at radius 3 is 2.39 bits per heavy atom. The lowest BCUT2D eigenvalue weighted by Crippen LogP contribution is -2.45. The van der Waals surface area contributed by atoms with Crippen LogP contribution in [0.3, 0.4) is 0 Å². The van der Waals surface area contributed by atoms with Crippen LogP contribution < -0.4 is 11.1 Å². The van der Waals surface area contributed by atoms with E-state index in [-0.39, 0.29) is 14.7 Å². The number of aromatic nitrogens is 1. The summed E-state index contributed by atoms with van der Waals surface area (Å²) in [5.41, 5.74) is 6.86. The molecule has 23 heavy (non-hydrogen) atoms. The third kappa shape index (κ3) is 4.58. The van der Waals surface area contributed by atoms with Crippen LogP contribution in [0.25, 0.3) is 10.9 Å². The molecular formula is C18H31N3O2. The first-order valence-electron chi connectivity index (χ1n) is 8.04. The van der Waals surface area contributed by atoms with E-state index in [1.165, 1.54) is 0 Å². The zero-order chi connectivity index (χ0) is 17.6. The fraction of sp³-hybridized carbons (Fsp3) is 0.444. The lowest BCUT2D eigenvalue weighted by Gasteiger charge is -2.17. The van der Waals surface area contributed by atoms with Crippen LogP contribution in [-0.4, -0.2) is 22.4 Å². The highest BCUT2D eigenvalue weighted by molar-refractivity contribution is 6.00. The fourth-order valence-electron chi connectivity index (χ4n) is 2.46. The Hall–Kier alpha value is -2.30. The number of fused-ring (bicyclic) bond motifs is 1. The van der Waals surface area contributed by atoms with Crippen molar-refractivity contribution < 1.29 is 12.4 Å². The molecule has 1 heterocycles. The van der Waals surface area contributed by atoms with Gasteiger partial charge >= 0.3 is 0 Å². The molecule has 0 aliphatic rings. The lowest BCUT2D eigenvalue weighted by atomic mass is 10.0. The van der Waals surface area contributed by atoms with Gasteiger partial charge in [0.1, 0.15) is 11.7 Å². The number of carbonyl (C=O) groups is 2. The van der Waals surface area contributed by atoms with Crippen LogP contribution in [-0.2, 0) is 11.8 Å². The molecule has 1 atom stereocenters. The third-order valence-electron chi connectivity index (χ3n) is 3.54. The number of nitrogens with two attached hydrogens (primary N) is 1. The van der Waals surface area contributed by atoms with Crippen LogP contribution in [0.4, 0.5) is 0 Å². The van der Waals surface area contributed by atoms with E-state index in [0.717, 1.165) is 10.9 Å². The van der Waals surface area contributed by atoms with E-state index in [9.17, 15) is 9.59 Å². The summed E-state index contributed by atoms with van der Waals surface area (Å²) in [6, 6.07) is 8.93. The Labute approximate surface area is 140 Å². The molecule has 0 saturated heterocycles. The molecule has 0 spiro atoms. The summed E-state index contributed by atoms with van der Waals surface area (Å²) >= 11 is 0. The molecule has 0 radical (unpaired) electrons. The highest BCUT2D eigenvalue weighted by Gasteiger charge is 2.22. The normalized spacial score (nSPS) is 11.7. The Morgan fingerprint density at radius 2 is 1.87 bits per heavy atom. The van der Waals surface area contributed by atoms with E-state index in [4.69, 9.17) is 5.73 Å². The summed E-state index contributed by atoms with van der Waals surface area (Å²) in [6.45, 7) is 7.97. The van der Waals surface area contributed by atoms with Crippen LogP contribution in [0.15, 0.2) is 30.3 Å². The number of hydrogen-bond donors (Lipinski definition) is 2. The first kappa shape index (κ1) is 18.7. The molecule has 0 unspecified atom stereocenters. The van der Waals surface area contributed by atoms with Gasteiger partial charge in [0, 0.05) is 20.8 Å². The molecule has 0 aliphatic carbocycles. The maximum Gasteiger partial charge on any atom is 0.268 e. The van der Waals surface area contributed by atoms with Gasteiger partial charge in [0.15, 0.2) is 0 Å². The first-order valence-corrected chi connectivity index (χ1v) is 8.04. The summed E-state index contributed by atoms with van der Waals surface area (Å²) in [4.78, 5) is 23.9. The number of nitrogens with zero attached hydrogens (tertiary/aromatic N) is 1. The molecule has 1 aromatic carbocycles. The zero-order valence-corrected chi connectivity index (χ0v) is 14.6. The van der Waals surface area contributed by atoms with Crippen molar-refractivity contribution in [2.45, 2.75) is 40.2 Å². The topological polar surface area (TPSA) is 77.1 Å². The summed E-state index contributed by atoms with van der Waals surface area (Å²) in [7, 11) is 1.83. The van der Waals surface area contributed by atoms with Crippen LogP contribution in [0.1, 0.15) is 47.5 Å². The number of rotatable bonds is 5. The van der Waals surface area contributed by atoms with Gasteiger partial charge in [0.2, 0.25) is 5.91 Å².